The highest BCUT2D eigenvalue weighted by Gasteiger charge is 2.04. The average Bonchev–Trinajstić information content (AvgIpc) is 2.60. The van der Waals surface area contributed by atoms with Gasteiger partial charge in [0.1, 0.15) is 5.75 Å². The van der Waals surface area contributed by atoms with Crippen LogP contribution in [-0.4, -0.2) is 22.3 Å². The van der Waals surface area contributed by atoms with E-state index in [-0.39, 0.29) is 0 Å². The van der Waals surface area contributed by atoms with Crippen molar-refractivity contribution >= 4 is 33.4 Å². The van der Waals surface area contributed by atoms with Crippen LogP contribution in [0.1, 0.15) is 5.56 Å². The summed E-state index contributed by atoms with van der Waals surface area (Å²) in [5.74, 6) is 1.88. The van der Waals surface area contributed by atoms with Gasteiger partial charge in [0.25, 0.3) is 0 Å². The molecule has 3 rings (SSSR count). The van der Waals surface area contributed by atoms with Gasteiger partial charge in [-0.15, -0.1) is 5.10 Å². The normalized spacial score (nSPS) is 10.2. The Morgan fingerprint density at radius 1 is 1.12 bits per heavy atom. The van der Waals surface area contributed by atoms with Crippen molar-refractivity contribution in [3.05, 3.63) is 64.8 Å². The summed E-state index contributed by atoms with van der Waals surface area (Å²) in [6.07, 6.45) is 1.58. The zero-order valence-electron chi connectivity index (χ0n) is 13.0. The fraction of sp³-hybridized carbons (Fsp3) is 0.118. The van der Waals surface area contributed by atoms with Crippen LogP contribution < -0.4 is 15.4 Å². The highest BCUT2D eigenvalue weighted by molar-refractivity contribution is 9.10. The first kappa shape index (κ1) is 16.2. The molecule has 2 aromatic carbocycles. The van der Waals surface area contributed by atoms with Crippen molar-refractivity contribution in [3.63, 3.8) is 0 Å². The average molecular weight is 386 g/mol. The van der Waals surface area contributed by atoms with E-state index in [9.17, 15) is 0 Å². The van der Waals surface area contributed by atoms with Crippen molar-refractivity contribution in [2.45, 2.75) is 6.54 Å². The van der Waals surface area contributed by atoms with Crippen LogP contribution in [0, 0.1) is 0 Å². The second-order valence-corrected chi connectivity index (χ2v) is 5.88. The maximum absolute atomic E-state index is 5.33. The molecule has 0 unspecified atom stereocenters. The first-order valence-electron chi connectivity index (χ1n) is 7.32. The summed E-state index contributed by atoms with van der Waals surface area (Å²) >= 11 is 3.44. The first-order chi connectivity index (χ1) is 11.7. The summed E-state index contributed by atoms with van der Waals surface area (Å²) in [6.45, 7) is 0.548. The molecule has 0 aliphatic carbocycles. The van der Waals surface area contributed by atoms with Gasteiger partial charge >= 0.3 is 0 Å². The molecule has 0 saturated carbocycles. The molecule has 0 aliphatic rings. The quantitative estimate of drug-likeness (QED) is 0.667. The maximum atomic E-state index is 5.33. The lowest BCUT2D eigenvalue weighted by atomic mass is 10.2. The predicted molar refractivity (Wildman–Crippen MR) is 97.6 cm³/mol. The summed E-state index contributed by atoms with van der Waals surface area (Å²) in [6, 6.07) is 15.6. The SMILES string of the molecule is COc1ccccc1CNc1nncc(Nc2cccc(Br)c2)n1. The third-order valence-electron chi connectivity index (χ3n) is 3.29. The van der Waals surface area contributed by atoms with Crippen LogP contribution in [0.5, 0.6) is 5.75 Å². The van der Waals surface area contributed by atoms with Crippen LogP contribution in [0.3, 0.4) is 0 Å². The molecule has 3 aromatic rings. The number of nitrogens with zero attached hydrogens (tertiary/aromatic N) is 3. The number of anilines is 3. The molecule has 0 radical (unpaired) electrons. The molecule has 0 amide bonds. The van der Waals surface area contributed by atoms with E-state index >= 15 is 0 Å². The minimum absolute atomic E-state index is 0.445. The Bertz CT molecular complexity index is 827. The lowest BCUT2D eigenvalue weighted by molar-refractivity contribution is 0.410. The number of aromatic nitrogens is 3. The van der Waals surface area contributed by atoms with Crippen LogP contribution in [0.15, 0.2) is 59.2 Å². The van der Waals surface area contributed by atoms with E-state index in [0.29, 0.717) is 18.3 Å². The minimum Gasteiger partial charge on any atom is -0.496 e. The van der Waals surface area contributed by atoms with Gasteiger partial charge < -0.3 is 15.4 Å². The summed E-state index contributed by atoms with van der Waals surface area (Å²) < 4.78 is 6.32. The zero-order chi connectivity index (χ0) is 16.8. The van der Waals surface area contributed by atoms with Gasteiger partial charge in [-0.3, -0.25) is 0 Å². The summed E-state index contributed by atoms with van der Waals surface area (Å²) in [5, 5.41) is 14.3. The Kier molecular flexibility index (Phi) is 5.22. The van der Waals surface area contributed by atoms with Gasteiger partial charge in [-0.05, 0) is 24.3 Å². The first-order valence-corrected chi connectivity index (χ1v) is 8.12. The third kappa shape index (κ3) is 4.20. The lowest BCUT2D eigenvalue weighted by Crippen LogP contribution is -2.07. The molecule has 0 aliphatic heterocycles. The largest absolute Gasteiger partial charge is 0.496 e. The highest BCUT2D eigenvalue weighted by Crippen LogP contribution is 2.20. The monoisotopic (exact) mass is 385 g/mol. The smallest absolute Gasteiger partial charge is 0.244 e. The van der Waals surface area contributed by atoms with Gasteiger partial charge in [-0.2, -0.15) is 10.1 Å². The van der Waals surface area contributed by atoms with Crippen molar-refractivity contribution in [2.24, 2.45) is 0 Å². The fourth-order valence-electron chi connectivity index (χ4n) is 2.18. The second-order valence-electron chi connectivity index (χ2n) is 4.97. The number of methoxy groups -OCH3 is 1. The molecule has 122 valence electrons. The Balaban J connectivity index is 1.69. The molecule has 7 heteroatoms. The highest BCUT2D eigenvalue weighted by atomic mass is 79.9. The van der Waals surface area contributed by atoms with Crippen LogP contribution in [0.4, 0.5) is 17.5 Å². The number of hydrogen-bond acceptors (Lipinski definition) is 6. The van der Waals surface area contributed by atoms with Crippen LogP contribution in [-0.2, 0) is 6.54 Å². The second kappa shape index (κ2) is 7.74. The van der Waals surface area contributed by atoms with E-state index in [4.69, 9.17) is 4.74 Å². The van der Waals surface area contributed by atoms with Crippen LogP contribution >= 0.6 is 15.9 Å². The Morgan fingerprint density at radius 3 is 2.83 bits per heavy atom. The van der Waals surface area contributed by atoms with Crippen molar-refractivity contribution < 1.29 is 4.74 Å². The Hall–Kier alpha value is -2.67. The topological polar surface area (TPSA) is 72.0 Å². The summed E-state index contributed by atoms with van der Waals surface area (Å²) in [4.78, 5) is 4.42. The third-order valence-corrected chi connectivity index (χ3v) is 3.78. The van der Waals surface area contributed by atoms with Crippen molar-refractivity contribution in [3.8, 4) is 5.75 Å². The molecule has 1 aromatic heterocycles. The molecule has 6 nitrogen and oxygen atoms in total. The molecule has 2 N–H and O–H groups in total. The van der Waals surface area contributed by atoms with E-state index < -0.39 is 0 Å². The number of benzene rings is 2. The molecule has 0 fully saturated rings. The lowest BCUT2D eigenvalue weighted by Gasteiger charge is -2.10. The molecule has 0 saturated heterocycles. The molecule has 0 bridgehead atoms. The van der Waals surface area contributed by atoms with E-state index in [0.717, 1.165) is 21.5 Å². The van der Waals surface area contributed by atoms with Crippen molar-refractivity contribution in [2.75, 3.05) is 17.7 Å². The van der Waals surface area contributed by atoms with E-state index in [1.807, 2.05) is 48.5 Å². The van der Waals surface area contributed by atoms with Crippen LogP contribution in [0.2, 0.25) is 0 Å². The standard InChI is InChI=1S/C17H16BrN5O/c1-24-15-8-3-2-5-12(15)10-19-17-22-16(11-20-23-17)21-14-7-4-6-13(18)9-14/h2-9,11H,10H2,1H3,(H2,19,21,22,23). The van der Waals surface area contributed by atoms with E-state index in [1.54, 1.807) is 13.3 Å². The number of ether oxygens (including phenoxy) is 1. The molecule has 24 heavy (non-hydrogen) atoms. The number of rotatable bonds is 6. The molecular weight excluding hydrogens is 370 g/mol. The summed E-state index contributed by atoms with van der Waals surface area (Å²) in [5.41, 5.74) is 1.94. The number of nitrogens with one attached hydrogen (secondary N) is 2. The molecular formula is C17H16BrN5O. The molecule has 0 spiro atoms. The van der Waals surface area contributed by atoms with E-state index in [2.05, 4.69) is 41.7 Å². The van der Waals surface area contributed by atoms with Crippen molar-refractivity contribution in [1.82, 2.24) is 15.2 Å². The number of halogens is 1. The summed E-state index contributed by atoms with van der Waals surface area (Å²) in [7, 11) is 1.65. The molecule has 1 heterocycles. The fourth-order valence-corrected chi connectivity index (χ4v) is 2.58. The maximum Gasteiger partial charge on any atom is 0.244 e. The molecule has 0 atom stereocenters. The Morgan fingerprint density at radius 2 is 2.00 bits per heavy atom. The minimum atomic E-state index is 0.445. The number of para-hydroxylation sites is 1. The van der Waals surface area contributed by atoms with E-state index in [1.165, 1.54) is 0 Å². The Labute approximate surface area is 148 Å². The van der Waals surface area contributed by atoms with Crippen LogP contribution in [0.25, 0.3) is 0 Å². The van der Waals surface area contributed by atoms with Gasteiger partial charge in [0.15, 0.2) is 5.82 Å². The van der Waals surface area contributed by atoms with Gasteiger partial charge in [-0.25, -0.2) is 0 Å². The van der Waals surface area contributed by atoms with Gasteiger partial charge in [0.05, 0.1) is 13.3 Å². The predicted octanol–water partition coefficient (Wildman–Crippen LogP) is 4.00. The zero-order valence-corrected chi connectivity index (χ0v) is 14.6. The van der Waals surface area contributed by atoms with Gasteiger partial charge in [0.2, 0.25) is 5.95 Å². The van der Waals surface area contributed by atoms with Gasteiger partial charge in [0, 0.05) is 22.3 Å². The van der Waals surface area contributed by atoms with Crippen molar-refractivity contribution in [1.29, 1.82) is 0 Å². The van der Waals surface area contributed by atoms with Gasteiger partial charge in [-0.1, -0.05) is 40.2 Å². The number of hydrogen-bond donors (Lipinski definition) is 2.